The lowest BCUT2D eigenvalue weighted by Crippen LogP contribution is -2.43. The fraction of sp³-hybridized carbons (Fsp3) is 0.500. The van der Waals surface area contributed by atoms with Crippen molar-refractivity contribution in [2.45, 2.75) is 64.4 Å². The molecule has 0 saturated carbocycles. The van der Waals surface area contributed by atoms with Crippen molar-refractivity contribution >= 4 is 16.0 Å². The highest BCUT2D eigenvalue weighted by molar-refractivity contribution is 7.89. The molecule has 0 aliphatic carbocycles. The van der Waals surface area contributed by atoms with Gasteiger partial charge in [0.25, 0.3) is 0 Å². The maximum atomic E-state index is 11.4. The van der Waals surface area contributed by atoms with Crippen molar-refractivity contribution < 1.29 is 12.8 Å². The second kappa shape index (κ2) is 10.6. The van der Waals surface area contributed by atoms with E-state index in [9.17, 15) is 8.42 Å². The summed E-state index contributed by atoms with van der Waals surface area (Å²) in [5, 5.41) is 12.0. The number of primary sulfonamides is 1. The van der Waals surface area contributed by atoms with E-state index in [1.165, 1.54) is 12.1 Å². The maximum Gasteiger partial charge on any atom is 0.238 e. The van der Waals surface area contributed by atoms with Gasteiger partial charge in [-0.3, -0.25) is 0 Å². The van der Waals surface area contributed by atoms with Crippen LogP contribution in [-0.2, 0) is 23.0 Å². The van der Waals surface area contributed by atoms with E-state index in [1.54, 1.807) is 18.4 Å². The van der Waals surface area contributed by atoms with Crippen molar-refractivity contribution in [3.63, 3.8) is 0 Å². The Balaban J connectivity index is 2.00. The summed E-state index contributed by atoms with van der Waals surface area (Å²) in [6, 6.07) is 10.6. The van der Waals surface area contributed by atoms with Crippen molar-refractivity contribution in [2.24, 2.45) is 15.5 Å². The zero-order valence-corrected chi connectivity index (χ0v) is 19.1. The molecule has 166 valence electrons. The van der Waals surface area contributed by atoms with E-state index in [-0.39, 0.29) is 16.4 Å². The van der Waals surface area contributed by atoms with Crippen LogP contribution < -0.4 is 15.8 Å². The monoisotopic (exact) mass is 434 g/mol. The largest absolute Gasteiger partial charge is 0.469 e. The second-order valence-corrected chi connectivity index (χ2v) is 10.3. The Morgan fingerprint density at radius 1 is 1.20 bits per heavy atom. The maximum absolute atomic E-state index is 11.4. The molecule has 0 bridgehead atoms. The topological polar surface area (TPSA) is 110 Å². The standard InChI is InChI=1S/C22H34N4O3S/c1-17(11-13-22(2,3)4)26-21(24-14-12-19-6-5-15-29-19)25-16-18-7-9-20(10-8-18)30(23,27)28/h5-10,15,17H,11-14,16H2,1-4H3,(H2,23,27,28)(H2,24,25,26). The van der Waals surface area contributed by atoms with Gasteiger partial charge in [0.05, 0.1) is 17.7 Å². The van der Waals surface area contributed by atoms with Crippen molar-refractivity contribution in [1.82, 2.24) is 10.6 Å². The van der Waals surface area contributed by atoms with E-state index in [0.717, 1.165) is 36.5 Å². The highest BCUT2D eigenvalue weighted by Gasteiger charge is 2.13. The van der Waals surface area contributed by atoms with E-state index in [2.05, 4.69) is 43.3 Å². The van der Waals surface area contributed by atoms with Crippen LogP contribution in [0, 0.1) is 5.41 Å². The van der Waals surface area contributed by atoms with Crippen molar-refractivity contribution in [3.05, 3.63) is 54.0 Å². The summed E-state index contributed by atoms with van der Waals surface area (Å²) in [6.45, 7) is 9.98. The lowest BCUT2D eigenvalue weighted by molar-refractivity contribution is 0.346. The molecule has 1 atom stereocenters. The van der Waals surface area contributed by atoms with E-state index in [4.69, 9.17) is 9.56 Å². The molecule has 0 radical (unpaired) electrons. The van der Waals surface area contributed by atoms with Gasteiger partial charge >= 0.3 is 0 Å². The molecule has 1 aromatic carbocycles. The molecule has 0 aliphatic rings. The van der Waals surface area contributed by atoms with Gasteiger partial charge in [0.2, 0.25) is 10.0 Å². The molecular weight excluding hydrogens is 400 g/mol. The van der Waals surface area contributed by atoms with Gasteiger partial charge in [0.1, 0.15) is 5.76 Å². The van der Waals surface area contributed by atoms with E-state index >= 15 is 0 Å². The summed E-state index contributed by atoms with van der Waals surface area (Å²) in [5.74, 6) is 1.64. The molecule has 2 rings (SSSR count). The molecular formula is C22H34N4O3S. The molecule has 0 amide bonds. The van der Waals surface area contributed by atoms with Gasteiger partial charge in [0.15, 0.2) is 5.96 Å². The highest BCUT2D eigenvalue weighted by Crippen LogP contribution is 2.21. The number of guanidine groups is 1. The van der Waals surface area contributed by atoms with Crippen molar-refractivity contribution in [1.29, 1.82) is 0 Å². The van der Waals surface area contributed by atoms with Gasteiger partial charge in [-0.25, -0.2) is 18.5 Å². The van der Waals surface area contributed by atoms with Crippen LogP contribution in [-0.4, -0.2) is 27.0 Å². The van der Waals surface area contributed by atoms with E-state index < -0.39 is 10.0 Å². The number of sulfonamides is 1. The first kappa shape index (κ1) is 24.0. The van der Waals surface area contributed by atoms with Gasteiger partial charge in [-0.05, 0) is 55.0 Å². The van der Waals surface area contributed by atoms with Crippen LogP contribution >= 0.6 is 0 Å². The van der Waals surface area contributed by atoms with Gasteiger partial charge in [-0.2, -0.15) is 0 Å². The van der Waals surface area contributed by atoms with Crippen LogP contribution in [0.5, 0.6) is 0 Å². The fourth-order valence-corrected chi connectivity index (χ4v) is 3.34. The number of furan rings is 1. The molecule has 7 nitrogen and oxygen atoms in total. The third-order valence-electron chi connectivity index (χ3n) is 4.63. The van der Waals surface area contributed by atoms with Crippen LogP contribution in [0.15, 0.2) is 57.0 Å². The molecule has 2 aromatic rings. The quantitative estimate of drug-likeness (QED) is 0.414. The molecule has 30 heavy (non-hydrogen) atoms. The molecule has 8 heteroatoms. The first-order valence-electron chi connectivity index (χ1n) is 10.2. The molecule has 0 fully saturated rings. The number of hydrogen-bond acceptors (Lipinski definition) is 4. The number of hydrogen-bond donors (Lipinski definition) is 3. The van der Waals surface area contributed by atoms with Crippen molar-refractivity contribution in [2.75, 3.05) is 6.54 Å². The van der Waals surface area contributed by atoms with E-state index in [0.29, 0.717) is 13.1 Å². The lowest BCUT2D eigenvalue weighted by atomic mass is 9.89. The Morgan fingerprint density at radius 2 is 1.90 bits per heavy atom. The molecule has 1 heterocycles. The Bertz CT molecular complexity index is 899. The van der Waals surface area contributed by atoms with Crippen LogP contribution in [0.4, 0.5) is 0 Å². The van der Waals surface area contributed by atoms with E-state index in [1.807, 2.05) is 12.1 Å². The second-order valence-electron chi connectivity index (χ2n) is 8.75. The number of benzene rings is 1. The molecule has 4 N–H and O–H groups in total. The van der Waals surface area contributed by atoms with Crippen LogP contribution in [0.25, 0.3) is 0 Å². The summed E-state index contributed by atoms with van der Waals surface area (Å²) in [6.07, 6.45) is 4.57. The Kier molecular flexibility index (Phi) is 8.49. The van der Waals surface area contributed by atoms with Crippen LogP contribution in [0.3, 0.4) is 0 Å². The number of nitrogens with one attached hydrogen (secondary N) is 2. The Hall–Kier alpha value is -2.32. The SMILES string of the molecule is CC(CCC(C)(C)C)NC(=NCc1ccc(S(N)(=O)=O)cc1)NCCc1ccco1. The summed E-state index contributed by atoms with van der Waals surface area (Å²) in [5.41, 5.74) is 1.18. The smallest absolute Gasteiger partial charge is 0.238 e. The minimum atomic E-state index is -3.69. The first-order valence-corrected chi connectivity index (χ1v) is 11.8. The minimum Gasteiger partial charge on any atom is -0.469 e. The van der Waals surface area contributed by atoms with Crippen LogP contribution in [0.2, 0.25) is 0 Å². The molecule has 1 aromatic heterocycles. The average Bonchev–Trinajstić information content (AvgIpc) is 3.17. The van der Waals surface area contributed by atoms with Gasteiger partial charge < -0.3 is 15.1 Å². The fourth-order valence-electron chi connectivity index (χ4n) is 2.82. The highest BCUT2D eigenvalue weighted by atomic mass is 32.2. The third kappa shape index (κ3) is 9.00. The third-order valence-corrected chi connectivity index (χ3v) is 5.56. The Morgan fingerprint density at radius 3 is 2.47 bits per heavy atom. The van der Waals surface area contributed by atoms with Gasteiger partial charge in [0, 0.05) is 19.0 Å². The minimum absolute atomic E-state index is 0.0981. The summed E-state index contributed by atoms with van der Waals surface area (Å²) >= 11 is 0. The number of rotatable bonds is 9. The summed E-state index contributed by atoms with van der Waals surface area (Å²) < 4.78 is 28.2. The van der Waals surface area contributed by atoms with Crippen molar-refractivity contribution in [3.8, 4) is 0 Å². The number of aliphatic imine (C=N–C) groups is 1. The number of nitrogens with zero attached hydrogens (tertiary/aromatic N) is 1. The number of nitrogens with two attached hydrogens (primary N) is 1. The molecule has 1 unspecified atom stereocenters. The zero-order chi connectivity index (χ0) is 22.2. The van der Waals surface area contributed by atoms with Gasteiger partial charge in [-0.1, -0.05) is 32.9 Å². The molecule has 0 spiro atoms. The Labute approximate surface area is 180 Å². The average molecular weight is 435 g/mol. The predicted octanol–water partition coefficient (Wildman–Crippen LogP) is 3.42. The zero-order valence-electron chi connectivity index (χ0n) is 18.3. The molecule has 0 saturated heterocycles. The van der Waals surface area contributed by atoms with Gasteiger partial charge in [-0.15, -0.1) is 0 Å². The first-order chi connectivity index (χ1) is 14.0. The predicted molar refractivity (Wildman–Crippen MR) is 121 cm³/mol. The lowest BCUT2D eigenvalue weighted by Gasteiger charge is -2.23. The summed E-state index contributed by atoms with van der Waals surface area (Å²) in [7, 11) is -3.69. The molecule has 0 aliphatic heterocycles. The summed E-state index contributed by atoms with van der Waals surface area (Å²) in [4.78, 5) is 4.77. The normalized spacial score (nSPS) is 13.8. The van der Waals surface area contributed by atoms with Crippen LogP contribution in [0.1, 0.15) is 51.9 Å².